The van der Waals surface area contributed by atoms with Gasteiger partial charge in [0.25, 0.3) is 0 Å². The Bertz CT molecular complexity index is 507. The van der Waals surface area contributed by atoms with Gasteiger partial charge in [-0.25, -0.2) is 0 Å². The van der Waals surface area contributed by atoms with Crippen molar-refractivity contribution in [2.24, 2.45) is 10.2 Å². The molecule has 4 heteroatoms. The topological polar surface area (TPSA) is 24.7 Å². The fourth-order valence-corrected chi connectivity index (χ4v) is 1.45. The van der Waals surface area contributed by atoms with Crippen molar-refractivity contribution in [3.05, 3.63) is 58.6 Å². The lowest BCUT2D eigenvalue weighted by Gasteiger charge is -1.95. The van der Waals surface area contributed by atoms with Gasteiger partial charge < -0.3 is 0 Å². The van der Waals surface area contributed by atoms with Crippen LogP contribution in [0.5, 0.6) is 0 Å². The molecule has 0 heterocycles. The van der Waals surface area contributed by atoms with Gasteiger partial charge >= 0.3 is 0 Å². The lowest BCUT2D eigenvalue weighted by Crippen LogP contribution is -1.67. The first-order valence-corrected chi connectivity index (χ1v) is 5.43. The zero-order valence-corrected chi connectivity index (χ0v) is 9.78. The van der Waals surface area contributed by atoms with Gasteiger partial charge in [0.2, 0.25) is 0 Å². The molecule has 0 aliphatic rings. The Morgan fingerprint density at radius 3 is 2.12 bits per heavy atom. The van der Waals surface area contributed by atoms with Crippen LogP contribution >= 0.6 is 23.2 Å². The maximum atomic E-state index is 5.94. The van der Waals surface area contributed by atoms with E-state index in [1.165, 1.54) is 0 Å². The summed E-state index contributed by atoms with van der Waals surface area (Å²) < 4.78 is 0. The molecule has 0 unspecified atom stereocenters. The minimum absolute atomic E-state index is 0.584. The lowest BCUT2D eigenvalue weighted by atomic mass is 10.3. The molecule has 0 N–H and O–H groups in total. The number of benzene rings is 2. The SMILES string of the molecule is Clc1ccc(N=Nc2ccccc2Cl)cc1. The fraction of sp³-hybridized carbons (Fsp3) is 0. The zero-order chi connectivity index (χ0) is 11.4. The van der Waals surface area contributed by atoms with Gasteiger partial charge in [-0.3, -0.25) is 0 Å². The van der Waals surface area contributed by atoms with Crippen molar-refractivity contribution < 1.29 is 0 Å². The molecule has 0 saturated heterocycles. The number of hydrogen-bond donors (Lipinski definition) is 0. The predicted molar refractivity (Wildman–Crippen MR) is 67.1 cm³/mol. The van der Waals surface area contributed by atoms with Crippen LogP contribution in [0.2, 0.25) is 10.0 Å². The summed E-state index contributed by atoms with van der Waals surface area (Å²) in [6.07, 6.45) is 0. The van der Waals surface area contributed by atoms with Crippen molar-refractivity contribution in [3.8, 4) is 0 Å². The van der Waals surface area contributed by atoms with Gasteiger partial charge in [0, 0.05) is 5.02 Å². The zero-order valence-electron chi connectivity index (χ0n) is 8.27. The largest absolute Gasteiger partial charge is 0.151 e. The van der Waals surface area contributed by atoms with E-state index < -0.39 is 0 Å². The molecule has 2 nitrogen and oxygen atoms in total. The van der Waals surface area contributed by atoms with Gasteiger partial charge in [-0.15, -0.1) is 5.11 Å². The van der Waals surface area contributed by atoms with Crippen molar-refractivity contribution in [1.29, 1.82) is 0 Å². The maximum Gasteiger partial charge on any atom is 0.104 e. The summed E-state index contributed by atoms with van der Waals surface area (Å²) in [5.74, 6) is 0. The first-order chi connectivity index (χ1) is 7.75. The smallest absolute Gasteiger partial charge is 0.104 e. The Labute approximate surface area is 104 Å². The summed E-state index contributed by atoms with van der Waals surface area (Å²) in [6, 6.07) is 14.4. The average molecular weight is 251 g/mol. The molecule has 0 spiro atoms. The highest BCUT2D eigenvalue weighted by atomic mass is 35.5. The second-order valence-corrected chi connectivity index (χ2v) is 3.97. The summed E-state index contributed by atoms with van der Waals surface area (Å²) in [7, 11) is 0. The summed E-state index contributed by atoms with van der Waals surface area (Å²) in [5.41, 5.74) is 1.39. The van der Waals surface area contributed by atoms with Crippen LogP contribution in [0, 0.1) is 0 Å². The molecule has 0 fully saturated rings. The summed E-state index contributed by atoms with van der Waals surface area (Å²) in [5, 5.41) is 9.38. The van der Waals surface area contributed by atoms with Gasteiger partial charge in [0.1, 0.15) is 5.69 Å². The van der Waals surface area contributed by atoms with E-state index in [-0.39, 0.29) is 0 Å². The third-order valence-corrected chi connectivity index (χ3v) is 2.52. The summed E-state index contributed by atoms with van der Waals surface area (Å²) in [4.78, 5) is 0. The molecular formula is C12H8Cl2N2. The highest BCUT2D eigenvalue weighted by Gasteiger charge is 1.95. The molecule has 2 aromatic rings. The maximum absolute atomic E-state index is 5.94. The van der Waals surface area contributed by atoms with Crippen LogP contribution in [0.25, 0.3) is 0 Å². The summed E-state index contributed by atoms with van der Waals surface area (Å²) in [6.45, 7) is 0. The Balaban J connectivity index is 2.21. The van der Waals surface area contributed by atoms with Crippen LogP contribution in [0.15, 0.2) is 58.8 Å². The van der Waals surface area contributed by atoms with Crippen LogP contribution in [-0.2, 0) is 0 Å². The van der Waals surface area contributed by atoms with E-state index >= 15 is 0 Å². The molecule has 0 atom stereocenters. The van der Waals surface area contributed by atoms with E-state index in [4.69, 9.17) is 23.2 Å². The van der Waals surface area contributed by atoms with E-state index in [9.17, 15) is 0 Å². The molecule has 80 valence electrons. The number of halogens is 2. The molecular weight excluding hydrogens is 243 g/mol. The fourth-order valence-electron chi connectivity index (χ4n) is 1.15. The molecule has 0 aliphatic heterocycles. The van der Waals surface area contributed by atoms with Crippen molar-refractivity contribution in [1.82, 2.24) is 0 Å². The van der Waals surface area contributed by atoms with Gasteiger partial charge in [0.15, 0.2) is 0 Å². The molecule has 0 aliphatic carbocycles. The molecule has 2 aromatic carbocycles. The third kappa shape index (κ3) is 2.81. The highest BCUT2D eigenvalue weighted by molar-refractivity contribution is 6.32. The summed E-state index contributed by atoms with van der Waals surface area (Å²) >= 11 is 11.7. The predicted octanol–water partition coefficient (Wildman–Crippen LogP) is 5.41. The Morgan fingerprint density at radius 2 is 1.44 bits per heavy atom. The standard InChI is InChI=1S/C12H8Cl2N2/c13-9-5-7-10(8-6-9)15-16-12-4-2-1-3-11(12)14/h1-8H. The van der Waals surface area contributed by atoms with Crippen molar-refractivity contribution in [2.75, 3.05) is 0 Å². The van der Waals surface area contributed by atoms with Gasteiger partial charge in [-0.2, -0.15) is 5.11 Å². The quantitative estimate of drug-likeness (QED) is 0.637. The minimum Gasteiger partial charge on any atom is -0.151 e. The van der Waals surface area contributed by atoms with Crippen molar-refractivity contribution in [2.45, 2.75) is 0 Å². The molecule has 2 rings (SSSR count). The molecule has 0 amide bonds. The van der Waals surface area contributed by atoms with Crippen LogP contribution < -0.4 is 0 Å². The van der Waals surface area contributed by atoms with Crippen LogP contribution in [-0.4, -0.2) is 0 Å². The number of hydrogen-bond acceptors (Lipinski definition) is 2. The molecule has 0 saturated carbocycles. The van der Waals surface area contributed by atoms with Gasteiger partial charge in [-0.1, -0.05) is 35.3 Å². The normalized spacial score (nSPS) is 10.9. The van der Waals surface area contributed by atoms with E-state index in [2.05, 4.69) is 10.2 Å². The van der Waals surface area contributed by atoms with Crippen molar-refractivity contribution >= 4 is 34.6 Å². The first kappa shape index (κ1) is 11.1. The molecule has 0 aromatic heterocycles. The second kappa shape index (κ2) is 5.10. The monoisotopic (exact) mass is 250 g/mol. The first-order valence-electron chi connectivity index (χ1n) is 4.67. The van der Waals surface area contributed by atoms with Crippen LogP contribution in [0.4, 0.5) is 11.4 Å². The number of azo groups is 1. The highest BCUT2D eigenvalue weighted by Crippen LogP contribution is 2.26. The number of nitrogens with zero attached hydrogens (tertiary/aromatic N) is 2. The minimum atomic E-state index is 0.584. The lowest BCUT2D eigenvalue weighted by molar-refractivity contribution is 1.23. The Morgan fingerprint density at radius 1 is 0.750 bits per heavy atom. The Kier molecular flexibility index (Phi) is 3.54. The molecule has 0 radical (unpaired) electrons. The van der Waals surface area contributed by atoms with E-state index in [0.29, 0.717) is 15.7 Å². The molecule has 16 heavy (non-hydrogen) atoms. The van der Waals surface area contributed by atoms with E-state index in [1.807, 2.05) is 18.2 Å². The molecule has 0 bridgehead atoms. The number of rotatable bonds is 2. The van der Waals surface area contributed by atoms with Crippen LogP contribution in [0.1, 0.15) is 0 Å². The third-order valence-electron chi connectivity index (χ3n) is 1.95. The van der Waals surface area contributed by atoms with E-state index in [1.54, 1.807) is 30.3 Å². The van der Waals surface area contributed by atoms with E-state index in [0.717, 1.165) is 5.69 Å². The average Bonchev–Trinajstić information content (AvgIpc) is 2.30. The van der Waals surface area contributed by atoms with Crippen LogP contribution in [0.3, 0.4) is 0 Å². The van der Waals surface area contributed by atoms with Gasteiger partial charge in [-0.05, 0) is 36.4 Å². The second-order valence-electron chi connectivity index (χ2n) is 3.13. The Hall–Kier alpha value is -1.38. The van der Waals surface area contributed by atoms with Gasteiger partial charge in [0.05, 0.1) is 10.7 Å². The van der Waals surface area contributed by atoms with Crippen molar-refractivity contribution in [3.63, 3.8) is 0 Å².